The summed E-state index contributed by atoms with van der Waals surface area (Å²) in [6.45, 7) is 1.81. The minimum atomic E-state index is -0.665. The molecule has 3 aromatic rings. The number of halogens is 1. The molecule has 0 spiro atoms. The summed E-state index contributed by atoms with van der Waals surface area (Å²) < 4.78 is 20.6. The maximum atomic E-state index is 14.7. The van der Waals surface area contributed by atoms with Crippen molar-refractivity contribution in [1.82, 2.24) is 5.32 Å². The van der Waals surface area contributed by atoms with Crippen LogP contribution in [0.15, 0.2) is 59.5 Å². The van der Waals surface area contributed by atoms with E-state index in [9.17, 15) is 24.5 Å². The van der Waals surface area contributed by atoms with Gasteiger partial charge in [-0.25, -0.2) is 4.39 Å². The van der Waals surface area contributed by atoms with Crippen LogP contribution in [0.4, 0.5) is 15.8 Å². The predicted molar refractivity (Wildman–Crippen MR) is 149 cm³/mol. The van der Waals surface area contributed by atoms with E-state index in [0.717, 1.165) is 37.3 Å². The van der Waals surface area contributed by atoms with Crippen LogP contribution in [-0.2, 0) is 10.2 Å². The van der Waals surface area contributed by atoms with Gasteiger partial charge in [-0.15, -0.1) is 0 Å². The molecule has 40 heavy (non-hydrogen) atoms. The molecule has 3 aromatic carbocycles. The number of nitrogens with two attached hydrogens (primary N) is 1. The Bertz CT molecular complexity index is 1590. The number of carbonyl (C=O) groups excluding carboxylic acids is 2. The van der Waals surface area contributed by atoms with Gasteiger partial charge < -0.3 is 21.1 Å². The largest absolute Gasteiger partial charge is 0.456 e. The zero-order valence-corrected chi connectivity index (χ0v) is 22.5. The number of thioether (sulfide) groups is 1. The van der Waals surface area contributed by atoms with Crippen molar-refractivity contribution in [2.24, 2.45) is 5.92 Å². The number of anilines is 2. The molecule has 1 unspecified atom stereocenters. The average Bonchev–Trinajstić information content (AvgIpc) is 3.87. The lowest BCUT2D eigenvalue weighted by Crippen LogP contribution is -2.31. The van der Waals surface area contributed by atoms with Crippen LogP contribution in [0.5, 0.6) is 11.5 Å². The number of hydrogen-bond donors (Lipinski definition) is 3. The van der Waals surface area contributed by atoms with E-state index < -0.39 is 17.1 Å². The molecule has 2 amide bonds. The van der Waals surface area contributed by atoms with E-state index in [0.29, 0.717) is 16.1 Å². The third-order valence-corrected chi connectivity index (χ3v) is 8.05. The Morgan fingerprint density at radius 3 is 2.60 bits per heavy atom. The minimum Gasteiger partial charge on any atom is -0.456 e. The molecule has 2 saturated carbocycles. The molecule has 2 aliphatic rings. The summed E-state index contributed by atoms with van der Waals surface area (Å²) in [6, 6.07) is 18.2. The van der Waals surface area contributed by atoms with Gasteiger partial charge in [-0.05, 0) is 74.6 Å². The second-order valence-corrected chi connectivity index (χ2v) is 11.3. The Morgan fingerprint density at radius 1 is 1.15 bits per heavy atom. The van der Waals surface area contributed by atoms with Gasteiger partial charge in [0.25, 0.3) is 5.91 Å². The maximum absolute atomic E-state index is 14.7. The highest BCUT2D eigenvalue weighted by molar-refractivity contribution is 8.00. The van der Waals surface area contributed by atoms with Gasteiger partial charge in [-0.2, -0.15) is 10.5 Å². The van der Waals surface area contributed by atoms with E-state index in [2.05, 4.69) is 22.8 Å². The molecule has 202 valence electrons. The van der Waals surface area contributed by atoms with Crippen molar-refractivity contribution < 1.29 is 18.7 Å². The van der Waals surface area contributed by atoms with Crippen LogP contribution in [0.25, 0.3) is 0 Å². The average molecular weight is 556 g/mol. The lowest BCUT2D eigenvalue weighted by molar-refractivity contribution is -0.122. The highest BCUT2D eigenvalue weighted by atomic mass is 32.2. The molecule has 2 fully saturated rings. The van der Waals surface area contributed by atoms with Crippen LogP contribution in [0, 0.1) is 34.4 Å². The Labute approximate surface area is 235 Å². The summed E-state index contributed by atoms with van der Waals surface area (Å²) >= 11 is 1.24. The number of rotatable bonds is 9. The number of hydrogen-bond acceptors (Lipinski definition) is 7. The highest BCUT2D eigenvalue weighted by Crippen LogP contribution is 2.47. The van der Waals surface area contributed by atoms with E-state index in [1.807, 2.05) is 13.0 Å². The van der Waals surface area contributed by atoms with Crippen molar-refractivity contribution in [3.05, 3.63) is 77.1 Å². The van der Waals surface area contributed by atoms with Gasteiger partial charge in [-0.3, -0.25) is 9.59 Å². The Morgan fingerprint density at radius 2 is 1.93 bits per heavy atom. The zero-order valence-electron chi connectivity index (χ0n) is 21.7. The molecule has 0 aromatic heterocycles. The fourth-order valence-corrected chi connectivity index (χ4v) is 5.30. The lowest BCUT2D eigenvalue weighted by atomic mass is 9.96. The van der Waals surface area contributed by atoms with Crippen molar-refractivity contribution in [3.8, 4) is 23.6 Å². The normalized spacial score (nSPS) is 15.7. The van der Waals surface area contributed by atoms with Crippen LogP contribution >= 0.6 is 11.8 Å². The van der Waals surface area contributed by atoms with Crippen molar-refractivity contribution in [3.63, 3.8) is 0 Å². The molecule has 8 nitrogen and oxygen atoms in total. The van der Waals surface area contributed by atoms with Crippen LogP contribution in [0.2, 0.25) is 0 Å². The standard InChI is InChI=1S/C30H26FN5O3S/c1-17(35-28(37)18-5-6-18)40-27-22(15-32)26(10-9-24(27)34)39-21-7-8-23(31)25(14-21)36-29(38)19-3-2-4-20(13-19)30(16-33)11-12-30/h2-4,7-10,13-14,17-18H,5-6,11-12,34H2,1H3,(H,35,37)(H,36,38). The number of nitrogens with zero attached hydrogens (tertiary/aromatic N) is 2. The summed E-state index contributed by atoms with van der Waals surface area (Å²) in [5.74, 6) is -0.773. The molecule has 5 rings (SSSR count). The van der Waals surface area contributed by atoms with E-state index >= 15 is 0 Å². The fourth-order valence-electron chi connectivity index (χ4n) is 4.30. The van der Waals surface area contributed by atoms with Gasteiger partial charge in [0, 0.05) is 23.2 Å². The minimum absolute atomic E-state index is 0.0193. The third kappa shape index (κ3) is 5.73. The summed E-state index contributed by atoms with van der Waals surface area (Å²) in [4.78, 5) is 25.5. The molecule has 0 bridgehead atoms. The van der Waals surface area contributed by atoms with E-state index in [4.69, 9.17) is 10.5 Å². The summed E-state index contributed by atoms with van der Waals surface area (Å²) in [5.41, 5.74) is 7.12. The molecular formula is C30H26FN5O3S. The molecule has 0 saturated heterocycles. The Balaban J connectivity index is 1.34. The zero-order chi connectivity index (χ0) is 28.4. The topological polar surface area (TPSA) is 141 Å². The maximum Gasteiger partial charge on any atom is 0.255 e. The van der Waals surface area contributed by atoms with Gasteiger partial charge in [0.15, 0.2) is 0 Å². The Hall–Kier alpha value is -4.54. The van der Waals surface area contributed by atoms with Crippen LogP contribution < -0.4 is 21.1 Å². The molecule has 1 atom stereocenters. The number of benzene rings is 3. The summed E-state index contributed by atoms with van der Waals surface area (Å²) in [5, 5.41) is 24.6. The number of amides is 2. The number of carbonyl (C=O) groups is 2. The molecule has 0 radical (unpaired) electrons. The van der Waals surface area contributed by atoms with Crippen LogP contribution in [-0.4, -0.2) is 17.2 Å². The van der Waals surface area contributed by atoms with Crippen molar-refractivity contribution in [1.29, 1.82) is 10.5 Å². The molecular weight excluding hydrogens is 529 g/mol. The monoisotopic (exact) mass is 555 g/mol. The van der Waals surface area contributed by atoms with E-state index in [-0.39, 0.29) is 39.9 Å². The second kappa shape index (κ2) is 10.9. The first-order chi connectivity index (χ1) is 19.2. The quantitative estimate of drug-likeness (QED) is 0.171. The molecule has 4 N–H and O–H groups in total. The first kappa shape index (κ1) is 27.0. The molecule has 2 aliphatic carbocycles. The lowest BCUT2D eigenvalue weighted by Gasteiger charge is -2.18. The number of ether oxygens (including phenoxy) is 1. The Kier molecular flexibility index (Phi) is 7.38. The first-order valence-electron chi connectivity index (χ1n) is 12.8. The summed E-state index contributed by atoms with van der Waals surface area (Å²) in [7, 11) is 0. The first-order valence-corrected chi connectivity index (χ1v) is 13.7. The van der Waals surface area contributed by atoms with Gasteiger partial charge in [0.2, 0.25) is 5.91 Å². The second-order valence-electron chi connectivity index (χ2n) is 9.98. The van der Waals surface area contributed by atoms with Gasteiger partial charge >= 0.3 is 0 Å². The van der Waals surface area contributed by atoms with Crippen molar-refractivity contribution >= 4 is 35.0 Å². The third-order valence-electron chi connectivity index (χ3n) is 6.91. The smallest absolute Gasteiger partial charge is 0.255 e. The van der Waals surface area contributed by atoms with Crippen molar-refractivity contribution in [2.75, 3.05) is 11.1 Å². The fraction of sp³-hybridized carbons (Fsp3) is 0.267. The molecule has 10 heteroatoms. The number of nitrogen functional groups attached to an aromatic ring is 1. The predicted octanol–water partition coefficient (Wildman–Crippen LogP) is 5.84. The molecule has 0 heterocycles. The van der Waals surface area contributed by atoms with Gasteiger partial charge in [0.1, 0.15) is 28.9 Å². The number of nitrogens with one attached hydrogen (secondary N) is 2. The number of nitriles is 2. The van der Waals surface area contributed by atoms with E-state index in [1.165, 1.54) is 23.9 Å². The highest BCUT2D eigenvalue weighted by Gasteiger charge is 2.45. The van der Waals surface area contributed by atoms with Crippen LogP contribution in [0.3, 0.4) is 0 Å². The van der Waals surface area contributed by atoms with Gasteiger partial charge in [-0.1, -0.05) is 23.9 Å². The van der Waals surface area contributed by atoms with Crippen molar-refractivity contribution in [2.45, 2.75) is 48.3 Å². The molecule has 0 aliphatic heterocycles. The van der Waals surface area contributed by atoms with Gasteiger partial charge in [0.05, 0.1) is 27.4 Å². The van der Waals surface area contributed by atoms with Crippen LogP contribution in [0.1, 0.15) is 54.1 Å². The summed E-state index contributed by atoms with van der Waals surface area (Å²) in [6.07, 6.45) is 3.25. The SMILES string of the molecule is CC(NC(=O)C1CC1)Sc1c(N)ccc(Oc2ccc(F)c(NC(=O)c3cccc(C4(C#N)CC4)c3)c2)c1C#N. The van der Waals surface area contributed by atoms with E-state index in [1.54, 1.807) is 30.3 Å².